The van der Waals surface area contributed by atoms with Crippen LogP contribution in [-0.2, 0) is 4.74 Å². The van der Waals surface area contributed by atoms with E-state index in [1.54, 1.807) is 12.1 Å². The summed E-state index contributed by atoms with van der Waals surface area (Å²) in [7, 11) is 0. The molecule has 2 saturated heterocycles. The number of nitrogens with one attached hydrogen (secondary N) is 1. The van der Waals surface area contributed by atoms with E-state index in [2.05, 4.69) is 10.2 Å². The van der Waals surface area contributed by atoms with Crippen molar-refractivity contribution in [3.63, 3.8) is 0 Å². The summed E-state index contributed by atoms with van der Waals surface area (Å²) in [6.07, 6.45) is 1.86. The Bertz CT molecular complexity index is 547. The lowest BCUT2D eigenvalue weighted by Gasteiger charge is -2.40. The minimum atomic E-state index is -0.291. The van der Waals surface area contributed by atoms with Crippen molar-refractivity contribution in [1.29, 1.82) is 0 Å². The molecule has 2 heterocycles. The summed E-state index contributed by atoms with van der Waals surface area (Å²) in [4.78, 5) is 13.6. The van der Waals surface area contributed by atoms with Crippen molar-refractivity contribution in [3.05, 3.63) is 38.9 Å². The van der Waals surface area contributed by atoms with Crippen molar-refractivity contribution in [2.45, 2.75) is 18.9 Å². The van der Waals surface area contributed by atoms with E-state index in [1.807, 2.05) is 0 Å². The lowest BCUT2D eigenvalue weighted by Crippen LogP contribution is -2.47. The van der Waals surface area contributed by atoms with Crippen LogP contribution in [0, 0.1) is 16.0 Å². The first kappa shape index (κ1) is 22.4. The standard InChI is InChI=1S/C16H22ClN3O3.2ClH/c17-13-1-2-15(20(21)22)14(11-13)16(12-3-9-23-10-4-12)19-7-5-18-6-8-19;;/h1-2,11-12,16,18H,3-10H2;2*1H/t16-;;/m1../s1. The molecule has 25 heavy (non-hydrogen) atoms. The zero-order valence-electron chi connectivity index (χ0n) is 13.9. The van der Waals surface area contributed by atoms with Crippen LogP contribution in [0.25, 0.3) is 0 Å². The van der Waals surface area contributed by atoms with Gasteiger partial charge in [-0.3, -0.25) is 15.0 Å². The lowest BCUT2D eigenvalue weighted by atomic mass is 9.85. The van der Waals surface area contributed by atoms with Crippen LogP contribution in [-0.4, -0.2) is 49.2 Å². The molecular weight excluding hydrogens is 389 g/mol. The van der Waals surface area contributed by atoms with E-state index in [-0.39, 0.29) is 41.5 Å². The molecule has 0 aliphatic carbocycles. The third-order valence-electron chi connectivity index (χ3n) is 4.76. The molecule has 6 nitrogen and oxygen atoms in total. The minimum Gasteiger partial charge on any atom is -0.381 e. The van der Waals surface area contributed by atoms with Gasteiger partial charge in [-0.15, -0.1) is 24.8 Å². The summed E-state index contributed by atoms with van der Waals surface area (Å²) in [5, 5.41) is 15.4. The van der Waals surface area contributed by atoms with E-state index >= 15 is 0 Å². The van der Waals surface area contributed by atoms with Crippen LogP contribution in [0.15, 0.2) is 18.2 Å². The first-order valence-corrected chi connectivity index (χ1v) is 8.51. The fourth-order valence-corrected chi connectivity index (χ4v) is 3.85. The van der Waals surface area contributed by atoms with Gasteiger partial charge in [0.25, 0.3) is 5.69 Å². The summed E-state index contributed by atoms with van der Waals surface area (Å²) in [5.41, 5.74) is 0.917. The maximum absolute atomic E-state index is 11.5. The van der Waals surface area contributed by atoms with Crippen LogP contribution >= 0.6 is 36.4 Å². The molecule has 3 rings (SSSR count). The molecule has 0 aromatic heterocycles. The molecule has 0 amide bonds. The highest BCUT2D eigenvalue weighted by molar-refractivity contribution is 6.30. The Morgan fingerprint density at radius 2 is 1.88 bits per heavy atom. The lowest BCUT2D eigenvalue weighted by molar-refractivity contribution is -0.386. The van der Waals surface area contributed by atoms with Gasteiger partial charge in [-0.05, 0) is 30.9 Å². The van der Waals surface area contributed by atoms with Crippen LogP contribution in [0.2, 0.25) is 5.02 Å². The highest BCUT2D eigenvalue weighted by Gasteiger charge is 2.35. The summed E-state index contributed by atoms with van der Waals surface area (Å²) in [5.74, 6) is 0.360. The number of halogens is 3. The number of nitro groups is 1. The average Bonchev–Trinajstić information content (AvgIpc) is 2.57. The molecule has 142 valence electrons. The van der Waals surface area contributed by atoms with E-state index in [9.17, 15) is 10.1 Å². The summed E-state index contributed by atoms with van der Waals surface area (Å²) in [6.45, 7) is 5.06. The predicted molar refractivity (Wildman–Crippen MR) is 103 cm³/mol. The molecule has 0 spiro atoms. The van der Waals surface area contributed by atoms with E-state index < -0.39 is 0 Å². The Morgan fingerprint density at radius 1 is 1.24 bits per heavy atom. The van der Waals surface area contributed by atoms with Crippen molar-refractivity contribution >= 4 is 42.1 Å². The van der Waals surface area contributed by atoms with Crippen LogP contribution in [0.3, 0.4) is 0 Å². The predicted octanol–water partition coefficient (Wildman–Crippen LogP) is 3.46. The Morgan fingerprint density at radius 3 is 2.48 bits per heavy atom. The summed E-state index contributed by atoms with van der Waals surface area (Å²) >= 11 is 6.17. The molecule has 1 atom stereocenters. The number of nitro benzene ring substituents is 1. The van der Waals surface area contributed by atoms with Gasteiger partial charge >= 0.3 is 0 Å². The highest BCUT2D eigenvalue weighted by Crippen LogP contribution is 2.40. The number of ether oxygens (including phenoxy) is 1. The number of benzene rings is 1. The Hall–Kier alpha value is -0.630. The number of piperazine rings is 1. The number of hydrogen-bond acceptors (Lipinski definition) is 5. The second-order valence-corrected chi connectivity index (χ2v) is 6.58. The third-order valence-corrected chi connectivity index (χ3v) is 5.00. The zero-order chi connectivity index (χ0) is 16.2. The largest absolute Gasteiger partial charge is 0.381 e. The molecular formula is C16H24Cl3N3O3. The molecule has 0 unspecified atom stereocenters. The molecule has 2 aliphatic heterocycles. The van der Waals surface area contributed by atoms with Crippen molar-refractivity contribution in [2.75, 3.05) is 39.4 Å². The van der Waals surface area contributed by atoms with Gasteiger partial charge in [0, 0.05) is 62.1 Å². The van der Waals surface area contributed by atoms with Crippen LogP contribution in [0.5, 0.6) is 0 Å². The molecule has 2 aliphatic rings. The molecule has 0 saturated carbocycles. The molecule has 1 aromatic rings. The SMILES string of the molecule is Cl.Cl.O=[N+]([O-])c1ccc(Cl)cc1[C@@H](C1CCOCC1)N1CCNCC1. The maximum Gasteiger partial charge on any atom is 0.274 e. The molecule has 0 bridgehead atoms. The Labute approximate surface area is 165 Å². The van der Waals surface area contributed by atoms with Crippen LogP contribution < -0.4 is 5.32 Å². The molecule has 1 N–H and O–H groups in total. The molecule has 2 fully saturated rings. The van der Waals surface area contributed by atoms with Crippen molar-refractivity contribution in [3.8, 4) is 0 Å². The normalized spacial score (nSPS) is 20.2. The van der Waals surface area contributed by atoms with Crippen LogP contribution in [0.4, 0.5) is 5.69 Å². The van der Waals surface area contributed by atoms with Gasteiger partial charge in [-0.25, -0.2) is 0 Å². The van der Waals surface area contributed by atoms with Crippen LogP contribution in [0.1, 0.15) is 24.4 Å². The van der Waals surface area contributed by atoms with Gasteiger partial charge in [0.1, 0.15) is 0 Å². The number of rotatable bonds is 4. The van der Waals surface area contributed by atoms with E-state index in [0.29, 0.717) is 10.9 Å². The van der Waals surface area contributed by atoms with Crippen molar-refractivity contribution in [1.82, 2.24) is 10.2 Å². The fourth-order valence-electron chi connectivity index (χ4n) is 3.67. The molecule has 1 aromatic carbocycles. The van der Waals surface area contributed by atoms with Gasteiger partial charge in [0.2, 0.25) is 0 Å². The summed E-state index contributed by atoms with van der Waals surface area (Å²) < 4.78 is 5.48. The van der Waals surface area contributed by atoms with Crippen molar-refractivity contribution in [2.24, 2.45) is 5.92 Å². The van der Waals surface area contributed by atoms with Gasteiger partial charge in [0.05, 0.1) is 4.92 Å². The quantitative estimate of drug-likeness (QED) is 0.606. The average molecular weight is 413 g/mol. The van der Waals surface area contributed by atoms with E-state index in [0.717, 1.165) is 57.8 Å². The summed E-state index contributed by atoms with van der Waals surface area (Å²) in [6, 6.07) is 4.94. The van der Waals surface area contributed by atoms with Gasteiger partial charge in [-0.2, -0.15) is 0 Å². The molecule has 0 radical (unpaired) electrons. The fraction of sp³-hybridized carbons (Fsp3) is 0.625. The molecule has 9 heteroatoms. The van der Waals surface area contributed by atoms with E-state index in [1.165, 1.54) is 6.07 Å². The Balaban J connectivity index is 0.00000156. The Kier molecular flexibility index (Phi) is 9.41. The first-order chi connectivity index (χ1) is 11.2. The topological polar surface area (TPSA) is 67.6 Å². The second kappa shape index (κ2) is 10.5. The maximum atomic E-state index is 11.5. The first-order valence-electron chi connectivity index (χ1n) is 8.13. The number of nitrogens with zero attached hydrogens (tertiary/aromatic N) is 2. The van der Waals surface area contributed by atoms with Gasteiger partial charge < -0.3 is 10.1 Å². The third kappa shape index (κ3) is 5.42. The zero-order valence-corrected chi connectivity index (χ0v) is 16.2. The van der Waals surface area contributed by atoms with Gasteiger partial charge in [0.15, 0.2) is 0 Å². The smallest absolute Gasteiger partial charge is 0.274 e. The monoisotopic (exact) mass is 411 g/mol. The second-order valence-electron chi connectivity index (χ2n) is 6.14. The van der Waals surface area contributed by atoms with E-state index in [4.69, 9.17) is 16.3 Å². The van der Waals surface area contributed by atoms with Gasteiger partial charge in [-0.1, -0.05) is 11.6 Å². The van der Waals surface area contributed by atoms with Crippen molar-refractivity contribution < 1.29 is 9.66 Å². The minimum absolute atomic E-state index is 0. The number of hydrogen-bond donors (Lipinski definition) is 1. The highest BCUT2D eigenvalue weighted by atomic mass is 35.5.